The molecule has 0 amide bonds. The zero-order valence-electron chi connectivity index (χ0n) is 17.7. The van der Waals surface area contributed by atoms with Gasteiger partial charge in [0.15, 0.2) is 12.2 Å². The van der Waals surface area contributed by atoms with Crippen LogP contribution in [-0.4, -0.2) is 61.2 Å². The fourth-order valence-corrected chi connectivity index (χ4v) is 3.43. The minimum Gasteiger partial charge on any atom is -0.463 e. The van der Waals surface area contributed by atoms with E-state index in [1.807, 2.05) is 0 Å². The second kappa shape index (κ2) is 11.3. The summed E-state index contributed by atoms with van der Waals surface area (Å²) < 4.78 is 32.5. The van der Waals surface area contributed by atoms with Crippen LogP contribution in [0.15, 0.2) is 18.2 Å². The van der Waals surface area contributed by atoms with E-state index in [0.717, 1.165) is 20.8 Å². The predicted octanol–water partition coefficient (Wildman–Crippen LogP) is 2.46. The second-order valence-electron chi connectivity index (χ2n) is 6.76. The van der Waals surface area contributed by atoms with Crippen LogP contribution in [0.1, 0.15) is 27.7 Å². The van der Waals surface area contributed by atoms with Gasteiger partial charge in [-0.15, -0.1) is 0 Å². The fraction of sp³-hybridized carbons (Fsp3) is 0.500. The summed E-state index contributed by atoms with van der Waals surface area (Å²) in [6.07, 6.45) is -6.49. The Kier molecular flexibility index (Phi) is 9.11. The molecule has 32 heavy (non-hydrogen) atoms. The predicted molar refractivity (Wildman–Crippen MR) is 109 cm³/mol. The summed E-state index contributed by atoms with van der Waals surface area (Å²) in [5, 5.41) is 0.481. The standard InChI is InChI=1S/C20H22Cl2O10/c1-9(23)27-8-16-17(28-10(2)24)18(29-11(3)25)19(30-12(4)26)20(32-16)31-15-6-5-13(21)7-14(15)22/h5-7,16-20H,8H2,1-4H3/t16-,17-,18+,19-,20+/m0/s1. The number of benzene rings is 1. The molecule has 0 saturated carbocycles. The van der Waals surface area contributed by atoms with Gasteiger partial charge in [-0.3, -0.25) is 19.2 Å². The van der Waals surface area contributed by atoms with E-state index in [1.165, 1.54) is 25.1 Å². The third-order valence-corrected chi connectivity index (χ3v) is 4.62. The summed E-state index contributed by atoms with van der Waals surface area (Å²) >= 11 is 12.1. The quantitative estimate of drug-likeness (QED) is 0.413. The topological polar surface area (TPSA) is 124 Å². The monoisotopic (exact) mass is 492 g/mol. The normalized spacial score (nSPS) is 24.8. The van der Waals surface area contributed by atoms with Crippen molar-refractivity contribution < 1.29 is 47.6 Å². The first kappa shape index (κ1) is 25.7. The molecule has 0 aromatic heterocycles. The van der Waals surface area contributed by atoms with Crippen molar-refractivity contribution >= 4 is 47.1 Å². The Hall–Kier alpha value is -2.56. The molecule has 0 N–H and O–H groups in total. The Morgan fingerprint density at radius 3 is 1.94 bits per heavy atom. The Labute approximate surface area is 193 Å². The molecule has 10 nitrogen and oxygen atoms in total. The minimum absolute atomic E-state index is 0.122. The molecule has 0 radical (unpaired) electrons. The van der Waals surface area contributed by atoms with Crippen LogP contribution in [0.4, 0.5) is 0 Å². The van der Waals surface area contributed by atoms with Gasteiger partial charge in [0.25, 0.3) is 0 Å². The summed E-state index contributed by atoms with van der Waals surface area (Å²) in [5.41, 5.74) is 0. The lowest BCUT2D eigenvalue weighted by Gasteiger charge is -2.43. The summed E-state index contributed by atoms with van der Waals surface area (Å²) in [5.74, 6) is -2.73. The number of halogens is 2. The molecule has 0 bridgehead atoms. The SMILES string of the molecule is CC(=O)OC[C@@H]1O[C@@H](Oc2ccc(Cl)cc2Cl)[C@@H](OC(C)=O)[C@H](OC(C)=O)[C@H]1OC(C)=O. The van der Waals surface area contributed by atoms with E-state index < -0.39 is 54.6 Å². The summed E-state index contributed by atoms with van der Waals surface area (Å²) in [4.78, 5) is 46.6. The number of ether oxygens (including phenoxy) is 6. The Balaban J connectivity index is 2.47. The average molecular weight is 493 g/mol. The molecule has 1 aliphatic rings. The van der Waals surface area contributed by atoms with Gasteiger partial charge in [-0.25, -0.2) is 0 Å². The van der Waals surface area contributed by atoms with Crippen LogP contribution in [-0.2, 0) is 42.9 Å². The second-order valence-corrected chi connectivity index (χ2v) is 7.60. The van der Waals surface area contributed by atoms with E-state index in [4.69, 9.17) is 51.6 Å². The molecule has 0 unspecified atom stereocenters. The highest BCUT2D eigenvalue weighted by Gasteiger charge is 2.53. The van der Waals surface area contributed by atoms with Crippen molar-refractivity contribution in [2.24, 2.45) is 0 Å². The lowest BCUT2D eigenvalue weighted by atomic mass is 9.98. The molecular weight excluding hydrogens is 471 g/mol. The van der Waals surface area contributed by atoms with Crippen LogP contribution in [0.25, 0.3) is 0 Å². The first-order valence-electron chi connectivity index (χ1n) is 9.40. The van der Waals surface area contributed by atoms with Gasteiger partial charge in [0.2, 0.25) is 12.4 Å². The highest BCUT2D eigenvalue weighted by atomic mass is 35.5. The number of esters is 4. The molecule has 0 aliphatic carbocycles. The number of rotatable bonds is 7. The van der Waals surface area contributed by atoms with Crippen LogP contribution in [0.2, 0.25) is 10.0 Å². The van der Waals surface area contributed by atoms with Gasteiger partial charge in [0.05, 0.1) is 5.02 Å². The third kappa shape index (κ3) is 7.25. The molecule has 1 fully saturated rings. The highest BCUT2D eigenvalue weighted by Crippen LogP contribution is 2.34. The van der Waals surface area contributed by atoms with Crippen molar-refractivity contribution in [1.82, 2.24) is 0 Å². The lowest BCUT2D eigenvalue weighted by Crippen LogP contribution is -2.63. The van der Waals surface area contributed by atoms with E-state index in [0.29, 0.717) is 5.02 Å². The fourth-order valence-electron chi connectivity index (χ4n) is 2.98. The van der Waals surface area contributed by atoms with Crippen LogP contribution in [0, 0.1) is 0 Å². The molecule has 1 saturated heterocycles. The molecular formula is C20H22Cl2O10. The van der Waals surface area contributed by atoms with Crippen LogP contribution < -0.4 is 4.74 Å². The molecule has 12 heteroatoms. The maximum atomic E-state index is 11.8. The molecule has 2 rings (SSSR count). The number of hydrogen-bond acceptors (Lipinski definition) is 10. The average Bonchev–Trinajstić information content (AvgIpc) is 2.65. The van der Waals surface area contributed by atoms with Gasteiger partial charge >= 0.3 is 23.9 Å². The first-order chi connectivity index (χ1) is 15.0. The third-order valence-electron chi connectivity index (χ3n) is 4.09. The number of hydrogen-bond donors (Lipinski definition) is 0. The van der Waals surface area contributed by atoms with E-state index in [1.54, 1.807) is 0 Å². The van der Waals surface area contributed by atoms with Crippen molar-refractivity contribution in [2.75, 3.05) is 6.61 Å². The smallest absolute Gasteiger partial charge is 0.303 e. The molecule has 1 aromatic rings. The minimum atomic E-state index is -1.38. The maximum Gasteiger partial charge on any atom is 0.303 e. The van der Waals surface area contributed by atoms with Gasteiger partial charge in [-0.2, -0.15) is 0 Å². The molecule has 1 aromatic carbocycles. The van der Waals surface area contributed by atoms with Crippen LogP contribution >= 0.6 is 23.2 Å². The zero-order valence-corrected chi connectivity index (χ0v) is 19.2. The van der Waals surface area contributed by atoms with Gasteiger partial charge in [0.1, 0.15) is 18.5 Å². The van der Waals surface area contributed by atoms with Crippen molar-refractivity contribution in [3.05, 3.63) is 28.2 Å². The van der Waals surface area contributed by atoms with E-state index in [9.17, 15) is 19.2 Å². The van der Waals surface area contributed by atoms with Crippen molar-refractivity contribution in [2.45, 2.75) is 58.4 Å². The van der Waals surface area contributed by atoms with Crippen molar-refractivity contribution in [3.8, 4) is 5.75 Å². The molecule has 1 heterocycles. The van der Waals surface area contributed by atoms with E-state index in [2.05, 4.69) is 0 Å². The lowest BCUT2D eigenvalue weighted by molar-refractivity contribution is -0.288. The van der Waals surface area contributed by atoms with Crippen LogP contribution in [0.3, 0.4) is 0 Å². The van der Waals surface area contributed by atoms with Gasteiger partial charge in [-0.05, 0) is 18.2 Å². The molecule has 5 atom stereocenters. The van der Waals surface area contributed by atoms with Gasteiger partial charge in [-0.1, -0.05) is 23.2 Å². The largest absolute Gasteiger partial charge is 0.463 e. The first-order valence-corrected chi connectivity index (χ1v) is 10.2. The molecule has 176 valence electrons. The highest BCUT2D eigenvalue weighted by molar-refractivity contribution is 6.35. The van der Waals surface area contributed by atoms with Gasteiger partial charge < -0.3 is 28.4 Å². The molecule has 1 aliphatic heterocycles. The summed E-state index contributed by atoms with van der Waals surface area (Å²) in [6.45, 7) is 4.19. The summed E-state index contributed by atoms with van der Waals surface area (Å²) in [6, 6.07) is 4.39. The van der Waals surface area contributed by atoms with Gasteiger partial charge in [0, 0.05) is 32.7 Å². The Morgan fingerprint density at radius 1 is 0.844 bits per heavy atom. The Bertz CT molecular complexity index is 874. The van der Waals surface area contributed by atoms with E-state index in [-0.39, 0.29) is 17.4 Å². The molecule has 0 spiro atoms. The maximum absolute atomic E-state index is 11.8. The Morgan fingerprint density at radius 2 is 1.41 bits per heavy atom. The van der Waals surface area contributed by atoms with E-state index >= 15 is 0 Å². The number of carbonyl (C=O) groups is 4. The van der Waals surface area contributed by atoms with Crippen LogP contribution in [0.5, 0.6) is 5.75 Å². The zero-order chi connectivity index (χ0) is 24.0. The summed E-state index contributed by atoms with van der Waals surface area (Å²) in [7, 11) is 0. The van der Waals surface area contributed by atoms with Crippen molar-refractivity contribution in [1.29, 1.82) is 0 Å². The van der Waals surface area contributed by atoms with Crippen molar-refractivity contribution in [3.63, 3.8) is 0 Å². The number of carbonyl (C=O) groups excluding carboxylic acids is 4.